The van der Waals surface area contributed by atoms with Gasteiger partial charge >= 0.3 is 5.97 Å². The van der Waals surface area contributed by atoms with Gasteiger partial charge in [0.15, 0.2) is 10.8 Å². The van der Waals surface area contributed by atoms with Gasteiger partial charge in [0.2, 0.25) is 10.0 Å². The lowest BCUT2D eigenvalue weighted by Gasteiger charge is -2.71. The second kappa shape index (κ2) is 10.0. The first kappa shape index (κ1) is 27.5. The van der Waals surface area contributed by atoms with Crippen molar-refractivity contribution in [2.45, 2.75) is 35.7 Å². The Kier molecular flexibility index (Phi) is 6.72. The largest absolute Gasteiger partial charge is 0.466 e. The second-order valence-electron chi connectivity index (χ2n) is 10.2. The lowest BCUT2D eigenvalue weighted by Crippen LogP contribution is -2.76. The molecule has 2 heterocycles. The number of carbonyl (C=O) groups is 2. The first-order chi connectivity index (χ1) is 19.6. The third-order valence-electron chi connectivity index (χ3n) is 7.55. The van der Waals surface area contributed by atoms with Gasteiger partial charge in [0.1, 0.15) is 17.6 Å². The fraction of sp³-hybridized carbons (Fsp3) is 0.259. The molecule has 0 spiro atoms. The number of nitrogens with one attached hydrogen (secondary N) is 2. The molecular formula is C27H22ClFN4O6S2. The third-order valence-corrected chi connectivity index (χ3v) is 10.2. The molecule has 3 fully saturated rings. The highest BCUT2D eigenvalue weighted by Crippen LogP contribution is 2.71. The summed E-state index contributed by atoms with van der Waals surface area (Å²) in [5, 5.41) is 5.77. The maximum Gasteiger partial charge on any atom is 0.338 e. The number of ether oxygens (including phenoxy) is 2. The van der Waals surface area contributed by atoms with Gasteiger partial charge in [0.25, 0.3) is 6.47 Å². The quantitative estimate of drug-likeness (QED) is 0.273. The van der Waals surface area contributed by atoms with E-state index in [1.807, 2.05) is 0 Å². The SMILES string of the molecule is COC(=O)C1=C(C23CC(NS(=O)(=O)c4cccc(OC=O)c4)(C2)C3)NC(c2nccs2)=NC1c1ccc(F)cc1Cl. The van der Waals surface area contributed by atoms with E-state index in [4.69, 9.17) is 26.1 Å². The van der Waals surface area contributed by atoms with Crippen LogP contribution in [0.5, 0.6) is 5.75 Å². The van der Waals surface area contributed by atoms with Crippen LogP contribution in [0.1, 0.15) is 35.9 Å². The van der Waals surface area contributed by atoms with Crippen LogP contribution in [0.3, 0.4) is 0 Å². The number of carbonyl (C=O) groups excluding carboxylic acids is 2. The number of benzene rings is 2. The maximum atomic E-state index is 13.9. The zero-order chi connectivity index (χ0) is 29.0. The summed E-state index contributed by atoms with van der Waals surface area (Å²) in [6.45, 7) is 0.226. The summed E-state index contributed by atoms with van der Waals surface area (Å²) in [5.74, 6) is -0.640. The molecule has 1 atom stereocenters. The molecule has 3 saturated carbocycles. The van der Waals surface area contributed by atoms with E-state index < -0.39 is 38.8 Å². The van der Waals surface area contributed by atoms with Crippen LogP contribution in [0.2, 0.25) is 5.02 Å². The van der Waals surface area contributed by atoms with Crippen LogP contribution in [-0.2, 0) is 24.3 Å². The molecular weight excluding hydrogens is 595 g/mol. The van der Waals surface area contributed by atoms with E-state index >= 15 is 0 Å². The van der Waals surface area contributed by atoms with Crippen LogP contribution in [-0.4, -0.2) is 44.3 Å². The number of halogens is 2. The van der Waals surface area contributed by atoms with Gasteiger partial charge in [-0.2, -0.15) is 0 Å². The predicted molar refractivity (Wildman–Crippen MR) is 147 cm³/mol. The highest BCUT2D eigenvalue weighted by molar-refractivity contribution is 7.89. The number of allylic oxidation sites excluding steroid dienone is 1. The Labute approximate surface area is 243 Å². The Bertz CT molecular complexity index is 1720. The molecule has 2 aromatic carbocycles. The predicted octanol–water partition coefficient (Wildman–Crippen LogP) is 3.89. The molecule has 10 nitrogen and oxygen atoms in total. The summed E-state index contributed by atoms with van der Waals surface area (Å²) in [5.41, 5.74) is -0.109. The minimum Gasteiger partial charge on any atom is -0.466 e. The fourth-order valence-electron chi connectivity index (χ4n) is 5.96. The van der Waals surface area contributed by atoms with Gasteiger partial charge in [-0.05, 0) is 43.5 Å². The topological polar surface area (TPSA) is 136 Å². The van der Waals surface area contributed by atoms with Gasteiger partial charge in [-0.25, -0.2) is 27.3 Å². The number of nitrogens with zero attached hydrogens (tertiary/aromatic N) is 2. The Morgan fingerprint density at radius 3 is 2.68 bits per heavy atom. The zero-order valence-corrected chi connectivity index (χ0v) is 23.8. The molecule has 2 N–H and O–H groups in total. The number of rotatable bonds is 9. The van der Waals surface area contributed by atoms with Crippen LogP contribution < -0.4 is 14.8 Å². The van der Waals surface area contributed by atoms with Gasteiger partial charge in [0.05, 0.1) is 17.6 Å². The summed E-state index contributed by atoms with van der Waals surface area (Å²) in [4.78, 5) is 33.0. The van der Waals surface area contributed by atoms with E-state index in [-0.39, 0.29) is 27.7 Å². The van der Waals surface area contributed by atoms with E-state index in [1.54, 1.807) is 11.6 Å². The van der Waals surface area contributed by atoms with Crippen molar-refractivity contribution in [1.82, 2.24) is 15.0 Å². The minimum absolute atomic E-state index is 0.0370. The molecule has 0 amide bonds. The molecule has 7 rings (SSSR count). The molecule has 14 heteroatoms. The zero-order valence-electron chi connectivity index (χ0n) is 21.4. The van der Waals surface area contributed by atoms with E-state index in [9.17, 15) is 22.4 Å². The van der Waals surface area contributed by atoms with Crippen molar-refractivity contribution in [2.24, 2.45) is 10.4 Å². The molecule has 212 valence electrons. The molecule has 41 heavy (non-hydrogen) atoms. The van der Waals surface area contributed by atoms with Crippen molar-refractivity contribution in [1.29, 1.82) is 0 Å². The smallest absolute Gasteiger partial charge is 0.338 e. The van der Waals surface area contributed by atoms with Crippen LogP contribution >= 0.6 is 22.9 Å². The van der Waals surface area contributed by atoms with Crippen LogP contribution in [0.4, 0.5) is 4.39 Å². The summed E-state index contributed by atoms with van der Waals surface area (Å²) < 4.78 is 53.1. The number of thiazole rings is 1. The number of amidine groups is 1. The number of esters is 1. The Morgan fingerprint density at radius 1 is 1.24 bits per heavy atom. The van der Waals surface area contributed by atoms with Crippen molar-refractivity contribution in [3.05, 3.63) is 86.7 Å². The molecule has 1 aliphatic heterocycles. The van der Waals surface area contributed by atoms with E-state index in [1.165, 1.54) is 54.8 Å². The summed E-state index contributed by atoms with van der Waals surface area (Å²) in [6, 6.07) is 8.62. The normalized spacial score (nSPS) is 24.9. The summed E-state index contributed by atoms with van der Waals surface area (Å²) in [7, 11) is -2.68. The highest BCUT2D eigenvalue weighted by atomic mass is 35.5. The average Bonchev–Trinajstić information content (AvgIpc) is 3.44. The monoisotopic (exact) mass is 616 g/mol. The van der Waals surface area contributed by atoms with Gasteiger partial charge in [-0.15, -0.1) is 11.3 Å². The number of methoxy groups -OCH3 is 1. The number of hydrogen-bond acceptors (Lipinski definition) is 10. The Hall–Kier alpha value is -3.65. The fourth-order valence-corrected chi connectivity index (χ4v) is 8.25. The number of sulfonamides is 1. The highest BCUT2D eigenvalue weighted by Gasteiger charge is 2.71. The van der Waals surface area contributed by atoms with E-state index in [2.05, 4.69) is 15.0 Å². The standard InChI is InChI=1S/C27H22ClFN4O6S2/c1-38-25(35)20-21(18-6-5-15(29)9-19(18)28)31-23(24-30-7-8-40-24)32-22(20)26-11-27(12-26,13-26)33-41(36,37)17-4-2-3-16(10-17)39-14-34/h2-10,14,21,33H,11-13H2,1H3,(H,31,32). The molecule has 3 aromatic rings. The van der Waals surface area contributed by atoms with Gasteiger partial charge in [0, 0.05) is 44.9 Å². The molecule has 2 bridgehead atoms. The summed E-state index contributed by atoms with van der Waals surface area (Å²) in [6.07, 6.45) is 2.84. The first-order valence-electron chi connectivity index (χ1n) is 12.4. The molecule has 3 aliphatic carbocycles. The number of aliphatic imine (C=N–C) groups is 1. The average molecular weight is 617 g/mol. The van der Waals surface area contributed by atoms with E-state index in [0.717, 1.165) is 6.07 Å². The van der Waals surface area contributed by atoms with Gasteiger partial charge in [-0.3, -0.25) is 9.79 Å². The first-order valence-corrected chi connectivity index (χ1v) is 15.1. The third kappa shape index (κ3) is 4.72. The summed E-state index contributed by atoms with van der Waals surface area (Å²) >= 11 is 7.78. The number of hydrogen-bond donors (Lipinski definition) is 2. The Balaban J connectivity index is 1.35. The molecule has 1 aromatic heterocycles. The van der Waals surface area contributed by atoms with Crippen molar-refractivity contribution >= 4 is 51.2 Å². The second-order valence-corrected chi connectivity index (χ2v) is 13.2. The molecule has 0 radical (unpaired) electrons. The van der Waals surface area contributed by atoms with Gasteiger partial charge in [-0.1, -0.05) is 23.7 Å². The Morgan fingerprint density at radius 2 is 2.02 bits per heavy atom. The minimum atomic E-state index is -3.94. The van der Waals surface area contributed by atoms with Gasteiger partial charge < -0.3 is 14.8 Å². The van der Waals surface area contributed by atoms with Crippen molar-refractivity contribution in [2.75, 3.05) is 7.11 Å². The lowest BCUT2D eigenvalue weighted by atomic mass is 9.38. The van der Waals surface area contributed by atoms with Crippen LogP contribution in [0.25, 0.3) is 0 Å². The van der Waals surface area contributed by atoms with Crippen LogP contribution in [0.15, 0.2) is 75.2 Å². The number of aromatic nitrogens is 1. The van der Waals surface area contributed by atoms with Crippen molar-refractivity contribution in [3.8, 4) is 5.75 Å². The van der Waals surface area contributed by atoms with Crippen LogP contribution in [0, 0.1) is 11.2 Å². The molecule has 4 aliphatic rings. The maximum absolute atomic E-state index is 13.9. The molecule has 0 saturated heterocycles. The molecule has 1 unspecified atom stereocenters. The van der Waals surface area contributed by atoms with Crippen molar-refractivity contribution < 1.29 is 31.9 Å². The van der Waals surface area contributed by atoms with E-state index in [0.29, 0.717) is 41.4 Å². The van der Waals surface area contributed by atoms with Crippen molar-refractivity contribution in [3.63, 3.8) is 0 Å². The lowest BCUT2D eigenvalue weighted by molar-refractivity contribution is -0.138.